The Bertz CT molecular complexity index is 2510. The number of para-hydroxylation sites is 1. The summed E-state index contributed by atoms with van der Waals surface area (Å²) >= 11 is 4.23. The Morgan fingerprint density at radius 3 is 2.35 bits per heavy atom. The Morgan fingerprint density at radius 2 is 1.62 bits per heavy atom. The molecule has 0 radical (unpaired) electrons. The molecule has 20 heteroatoms. The quantitative estimate of drug-likeness (QED) is 0.0402. The minimum absolute atomic E-state index is 0.0542. The van der Waals surface area contributed by atoms with Gasteiger partial charge in [0.25, 0.3) is 5.91 Å². The van der Waals surface area contributed by atoms with E-state index in [0.717, 1.165) is 16.6 Å². The highest BCUT2D eigenvalue weighted by Crippen LogP contribution is 2.25. The van der Waals surface area contributed by atoms with Gasteiger partial charge in [0.15, 0.2) is 6.10 Å². The van der Waals surface area contributed by atoms with Crippen LogP contribution in [-0.2, 0) is 51.1 Å². The number of esters is 1. The second kappa shape index (κ2) is 22.2. The van der Waals surface area contributed by atoms with Crippen LogP contribution in [0.25, 0.3) is 21.9 Å². The molecule has 0 spiro atoms. The lowest BCUT2D eigenvalue weighted by Gasteiger charge is -2.31. The van der Waals surface area contributed by atoms with Crippen LogP contribution in [0.3, 0.4) is 0 Å². The number of aliphatic hydroxyl groups excluding tert-OH is 1. The molecule has 2 aromatic heterocycles. The van der Waals surface area contributed by atoms with Gasteiger partial charge in [0, 0.05) is 79.7 Å². The van der Waals surface area contributed by atoms with Crippen molar-refractivity contribution in [3.05, 3.63) is 76.3 Å². The number of aromatic nitrogens is 1. The van der Waals surface area contributed by atoms with Gasteiger partial charge in [-0.25, -0.2) is 9.59 Å². The van der Waals surface area contributed by atoms with E-state index in [1.54, 1.807) is 32.2 Å². The Labute approximate surface area is 386 Å². The number of nitrogens with zero attached hydrogens (tertiary/aromatic N) is 2. The number of thiol groups is 1. The minimum atomic E-state index is -1.48. The summed E-state index contributed by atoms with van der Waals surface area (Å²) in [4.78, 5) is 115. The maximum atomic E-state index is 14.4. The number of ether oxygens (including phenoxy) is 1. The van der Waals surface area contributed by atoms with E-state index in [4.69, 9.17) is 9.15 Å². The number of carbonyl (C=O) groups is 7. The highest BCUT2D eigenvalue weighted by Gasteiger charge is 2.41. The van der Waals surface area contributed by atoms with Crippen molar-refractivity contribution < 1.29 is 47.8 Å². The molecule has 2 saturated heterocycles. The van der Waals surface area contributed by atoms with Crippen molar-refractivity contribution in [2.24, 2.45) is 5.92 Å². The number of cyclic esters (lactones) is 1. The van der Waals surface area contributed by atoms with E-state index in [1.807, 2.05) is 49.3 Å². The van der Waals surface area contributed by atoms with Crippen LogP contribution in [0, 0.1) is 5.92 Å². The van der Waals surface area contributed by atoms with Crippen molar-refractivity contribution >= 4 is 81.6 Å². The second-order valence-electron chi connectivity index (χ2n) is 17.1. The summed E-state index contributed by atoms with van der Waals surface area (Å²) in [6.07, 6.45) is 1.23. The van der Waals surface area contributed by atoms with E-state index >= 15 is 0 Å². The van der Waals surface area contributed by atoms with Crippen LogP contribution in [0.15, 0.2) is 63.9 Å². The normalized spacial score (nSPS) is 22.5. The van der Waals surface area contributed by atoms with Gasteiger partial charge in [-0.3, -0.25) is 28.8 Å². The van der Waals surface area contributed by atoms with Gasteiger partial charge >= 0.3 is 11.6 Å². The molecule has 0 saturated carbocycles. The van der Waals surface area contributed by atoms with E-state index in [9.17, 15) is 43.5 Å². The molecule has 2 fully saturated rings. The number of anilines is 1. The molecule has 6 atom stereocenters. The van der Waals surface area contributed by atoms with Crippen LogP contribution < -0.4 is 37.1 Å². The average molecular weight is 931 g/mol. The standard InChI is InChI=1S/C46H58N8O11S/c1-25(2)40-44(61)51-34(24-66)41(58)50-33(23-55)45(62)54-17-9-12-35(54)42(59)49-32(18-27-22-48-31-11-6-5-10-29(27)31)46(63)65-36(43(60)52-40)13-7-8-16-47-38(56)19-26-20-39(57)64-37-21-28(53(3)4)14-15-30(26)37/h5-6,10-11,14-15,20-22,25,32-36,40,48,55,66H,7-9,12-13,16-19,23-24H2,1-4H3,(H,47,56)(H,49,59)(H,50,58)(H,51,61)(H,52,60)/t32-,33-,34-,35-,36-,40-/m0/s1. The van der Waals surface area contributed by atoms with E-state index in [1.165, 1.54) is 11.0 Å². The molecule has 2 aliphatic heterocycles. The third-order valence-electron chi connectivity index (χ3n) is 11.8. The van der Waals surface area contributed by atoms with E-state index in [2.05, 4.69) is 44.2 Å². The third-order valence-corrected chi connectivity index (χ3v) is 12.2. The molecule has 354 valence electrons. The van der Waals surface area contributed by atoms with Gasteiger partial charge in [-0.2, -0.15) is 12.6 Å². The summed E-state index contributed by atoms with van der Waals surface area (Å²) in [5.41, 5.74) is 2.51. The Morgan fingerprint density at radius 1 is 0.879 bits per heavy atom. The first-order chi connectivity index (χ1) is 31.6. The molecular formula is C46H58N8O11S. The van der Waals surface area contributed by atoms with E-state index < -0.39 is 90.0 Å². The number of amides is 6. The van der Waals surface area contributed by atoms with E-state index in [-0.39, 0.29) is 56.9 Å². The fourth-order valence-electron chi connectivity index (χ4n) is 8.21. The fourth-order valence-corrected chi connectivity index (χ4v) is 8.46. The summed E-state index contributed by atoms with van der Waals surface area (Å²) < 4.78 is 11.4. The van der Waals surface area contributed by atoms with Gasteiger partial charge in [-0.05, 0) is 67.3 Å². The topological polar surface area (TPSA) is 262 Å². The average Bonchev–Trinajstić information content (AvgIpc) is 3.95. The number of nitrogens with one attached hydrogen (secondary N) is 6. The molecule has 6 amide bonds. The highest BCUT2D eigenvalue weighted by atomic mass is 32.1. The summed E-state index contributed by atoms with van der Waals surface area (Å²) in [6.45, 7) is 2.83. The molecule has 19 nitrogen and oxygen atoms in total. The van der Waals surface area contributed by atoms with Crippen LogP contribution in [0.2, 0.25) is 0 Å². The smallest absolute Gasteiger partial charge is 0.336 e. The summed E-state index contributed by atoms with van der Waals surface area (Å²) in [7, 11) is 3.71. The Hall–Kier alpha value is -6.41. The third kappa shape index (κ3) is 11.9. The van der Waals surface area contributed by atoms with Crippen molar-refractivity contribution in [2.75, 3.05) is 44.4 Å². The monoisotopic (exact) mass is 930 g/mol. The number of fused-ring (bicyclic) bond motifs is 3. The largest absolute Gasteiger partial charge is 0.451 e. The maximum Gasteiger partial charge on any atom is 0.336 e. The van der Waals surface area contributed by atoms with Crippen LogP contribution in [-0.4, -0.2) is 132 Å². The predicted molar refractivity (Wildman–Crippen MR) is 247 cm³/mol. The lowest BCUT2D eigenvalue weighted by atomic mass is 10.0. The van der Waals surface area contributed by atoms with Crippen molar-refractivity contribution in [3.63, 3.8) is 0 Å². The minimum Gasteiger partial charge on any atom is -0.451 e. The molecule has 0 unspecified atom stereocenters. The second-order valence-corrected chi connectivity index (χ2v) is 17.5. The molecule has 6 rings (SSSR count). The van der Waals surface area contributed by atoms with Crippen molar-refractivity contribution in [3.8, 4) is 0 Å². The maximum absolute atomic E-state index is 14.4. The van der Waals surface area contributed by atoms with Gasteiger partial charge in [-0.15, -0.1) is 0 Å². The molecule has 66 heavy (non-hydrogen) atoms. The Kier molecular flexibility index (Phi) is 16.5. The molecule has 4 heterocycles. The fraction of sp³-hybridized carbons (Fsp3) is 0.478. The number of H-pyrrole nitrogens is 1. The first-order valence-electron chi connectivity index (χ1n) is 22.1. The summed E-state index contributed by atoms with van der Waals surface area (Å²) in [6, 6.07) is 7.59. The number of rotatable bonds is 13. The van der Waals surface area contributed by atoms with Crippen LogP contribution in [0.5, 0.6) is 0 Å². The number of hydrogen-bond donors (Lipinski definition) is 8. The highest BCUT2D eigenvalue weighted by molar-refractivity contribution is 7.80. The lowest BCUT2D eigenvalue weighted by Crippen LogP contribution is -2.61. The zero-order chi connectivity index (χ0) is 47.7. The number of unbranched alkanes of at least 4 members (excludes halogenated alkanes) is 1. The number of benzene rings is 2. The molecule has 4 aromatic rings. The number of aromatic amines is 1. The van der Waals surface area contributed by atoms with Crippen molar-refractivity contribution in [1.29, 1.82) is 0 Å². The lowest BCUT2D eigenvalue weighted by molar-refractivity contribution is -0.160. The number of aliphatic hydroxyl groups is 1. The van der Waals surface area contributed by atoms with Crippen molar-refractivity contribution in [1.82, 2.24) is 36.5 Å². The molecule has 7 N–H and O–H groups in total. The van der Waals surface area contributed by atoms with Gasteiger partial charge in [0.2, 0.25) is 29.5 Å². The van der Waals surface area contributed by atoms with Gasteiger partial charge < -0.3 is 55.6 Å². The number of hydrogen-bond acceptors (Lipinski definition) is 13. The molecule has 0 bridgehead atoms. The molecule has 0 aliphatic carbocycles. The van der Waals surface area contributed by atoms with Gasteiger partial charge in [-0.1, -0.05) is 32.0 Å². The van der Waals surface area contributed by atoms with Crippen LogP contribution >= 0.6 is 12.6 Å². The predicted octanol–water partition coefficient (Wildman–Crippen LogP) is 0.846. The first-order valence-corrected chi connectivity index (χ1v) is 22.7. The van der Waals surface area contributed by atoms with Crippen molar-refractivity contribution in [2.45, 2.75) is 95.1 Å². The van der Waals surface area contributed by atoms with Gasteiger partial charge in [0.05, 0.1) is 13.0 Å². The zero-order valence-electron chi connectivity index (χ0n) is 37.4. The van der Waals surface area contributed by atoms with E-state index in [0.29, 0.717) is 34.9 Å². The summed E-state index contributed by atoms with van der Waals surface area (Å²) in [5, 5.41) is 25.0. The van der Waals surface area contributed by atoms with Crippen LogP contribution in [0.4, 0.5) is 5.69 Å². The molecule has 2 aliphatic rings. The molecule has 2 aromatic carbocycles. The number of carbonyl (C=O) groups excluding carboxylic acids is 7. The Balaban J connectivity index is 1.23. The van der Waals surface area contributed by atoms with Gasteiger partial charge in [0.1, 0.15) is 35.8 Å². The zero-order valence-corrected chi connectivity index (χ0v) is 38.3. The molecular weight excluding hydrogens is 873 g/mol. The SMILES string of the molecule is CC(C)[C@@H]1NC(=O)[C@H](CCCCNC(=O)Cc2cc(=O)oc3cc(N(C)C)ccc23)OC(=O)[C@H](Cc2c[nH]c3ccccc23)NC(=O)[C@@H]2CCCN2C(=O)[C@H](CO)NC(=O)[C@H](CS)NC1=O. The summed E-state index contributed by atoms with van der Waals surface area (Å²) in [5.74, 6) is -5.84. The first kappa shape index (κ1) is 49.0. The van der Waals surface area contributed by atoms with Crippen LogP contribution in [0.1, 0.15) is 57.1 Å².